The summed E-state index contributed by atoms with van der Waals surface area (Å²) in [4.78, 5) is 11.6. The highest BCUT2D eigenvalue weighted by atomic mass is 19.1. The van der Waals surface area contributed by atoms with Crippen LogP contribution in [0, 0.1) is 17.7 Å². The molecule has 0 fully saturated rings. The first-order valence-electron chi connectivity index (χ1n) is 5.67. The van der Waals surface area contributed by atoms with Crippen LogP contribution < -0.4 is 11.4 Å². The van der Waals surface area contributed by atoms with Gasteiger partial charge in [0.05, 0.1) is 13.1 Å². The van der Waals surface area contributed by atoms with Gasteiger partial charge >= 0.3 is 5.69 Å². The van der Waals surface area contributed by atoms with Crippen molar-refractivity contribution >= 4 is 0 Å². The molecule has 0 aliphatic carbocycles. The molecule has 0 saturated carbocycles. The Labute approximate surface area is 109 Å². The van der Waals surface area contributed by atoms with Crippen LogP contribution in [-0.2, 0) is 13.6 Å². The van der Waals surface area contributed by atoms with Gasteiger partial charge in [-0.15, -0.1) is 0 Å². The third-order valence-corrected chi connectivity index (χ3v) is 2.59. The lowest BCUT2D eigenvalue weighted by atomic mass is 10.1. The van der Waals surface area contributed by atoms with E-state index in [0.29, 0.717) is 11.1 Å². The molecule has 0 amide bonds. The zero-order valence-corrected chi connectivity index (χ0v) is 10.4. The predicted octanol–water partition coefficient (Wildman–Crippen LogP) is 0.0794. The molecule has 2 N–H and O–H groups in total. The first-order chi connectivity index (χ1) is 9.11. The molecule has 6 heteroatoms. The van der Waals surface area contributed by atoms with Gasteiger partial charge in [-0.25, -0.2) is 13.9 Å². The molecule has 2 aromatic rings. The van der Waals surface area contributed by atoms with Gasteiger partial charge in [-0.05, 0) is 12.1 Å². The van der Waals surface area contributed by atoms with Crippen molar-refractivity contribution in [1.82, 2.24) is 14.3 Å². The summed E-state index contributed by atoms with van der Waals surface area (Å²) in [5.74, 6) is 4.99. The fourth-order valence-electron chi connectivity index (χ4n) is 1.60. The Balaban J connectivity index is 2.27. The molecular weight excluding hydrogens is 247 g/mol. The van der Waals surface area contributed by atoms with E-state index in [2.05, 4.69) is 16.9 Å². The lowest BCUT2D eigenvalue weighted by Crippen LogP contribution is -2.23. The van der Waals surface area contributed by atoms with Gasteiger partial charge in [0, 0.05) is 18.2 Å². The summed E-state index contributed by atoms with van der Waals surface area (Å²) in [6, 6.07) is 4.61. The molecule has 0 aliphatic rings. The van der Waals surface area contributed by atoms with Gasteiger partial charge in [0.2, 0.25) is 0 Å². The van der Waals surface area contributed by atoms with E-state index in [4.69, 9.17) is 5.73 Å². The first-order valence-corrected chi connectivity index (χ1v) is 5.67. The summed E-state index contributed by atoms with van der Waals surface area (Å²) in [6.45, 7) is 0.322. The van der Waals surface area contributed by atoms with Crippen LogP contribution in [0.1, 0.15) is 11.1 Å². The summed E-state index contributed by atoms with van der Waals surface area (Å²) >= 11 is 0. The molecule has 0 radical (unpaired) electrons. The summed E-state index contributed by atoms with van der Waals surface area (Å²) in [5.41, 5.74) is 5.91. The highest BCUT2D eigenvalue weighted by molar-refractivity contribution is 5.37. The van der Waals surface area contributed by atoms with E-state index in [0.717, 1.165) is 0 Å². The predicted molar refractivity (Wildman–Crippen MR) is 68.9 cm³/mol. The molecule has 98 valence electrons. The third-order valence-electron chi connectivity index (χ3n) is 2.59. The monoisotopic (exact) mass is 260 g/mol. The van der Waals surface area contributed by atoms with Gasteiger partial charge in [-0.3, -0.25) is 4.57 Å². The number of nitrogens with zero attached hydrogens (tertiary/aromatic N) is 3. The summed E-state index contributed by atoms with van der Waals surface area (Å²) < 4.78 is 16.4. The SMILES string of the molecule is Cn1cnn(Cc2ccc(C#CCN)cc2F)c1=O. The summed E-state index contributed by atoms with van der Waals surface area (Å²) in [6.07, 6.45) is 1.39. The molecule has 0 aliphatic heterocycles. The van der Waals surface area contributed by atoms with Crippen LogP contribution in [0.4, 0.5) is 4.39 Å². The normalized spacial score (nSPS) is 10.1. The minimum atomic E-state index is -0.415. The second kappa shape index (κ2) is 5.50. The van der Waals surface area contributed by atoms with E-state index in [1.807, 2.05) is 0 Å². The Bertz CT molecular complexity index is 705. The molecule has 1 aromatic heterocycles. The van der Waals surface area contributed by atoms with E-state index in [9.17, 15) is 9.18 Å². The van der Waals surface area contributed by atoms with Crippen LogP contribution in [0.2, 0.25) is 0 Å². The Morgan fingerprint density at radius 3 is 2.84 bits per heavy atom. The molecule has 0 spiro atoms. The van der Waals surface area contributed by atoms with Gasteiger partial charge < -0.3 is 5.73 Å². The van der Waals surface area contributed by atoms with Crippen molar-refractivity contribution in [2.75, 3.05) is 6.54 Å². The van der Waals surface area contributed by atoms with Crippen molar-refractivity contribution < 1.29 is 4.39 Å². The van der Waals surface area contributed by atoms with E-state index in [1.165, 1.54) is 21.6 Å². The highest BCUT2D eigenvalue weighted by Gasteiger charge is 2.07. The number of hydrogen-bond donors (Lipinski definition) is 1. The average Bonchev–Trinajstić information content (AvgIpc) is 2.71. The highest BCUT2D eigenvalue weighted by Crippen LogP contribution is 2.10. The number of rotatable bonds is 2. The minimum Gasteiger partial charge on any atom is -0.320 e. The Hall–Kier alpha value is -2.39. The van der Waals surface area contributed by atoms with Crippen molar-refractivity contribution in [1.29, 1.82) is 0 Å². The quantitative estimate of drug-likeness (QED) is 0.778. The number of aromatic nitrogens is 3. The zero-order valence-electron chi connectivity index (χ0n) is 10.4. The lowest BCUT2D eigenvalue weighted by molar-refractivity contribution is 0.575. The maximum Gasteiger partial charge on any atom is 0.345 e. The maximum atomic E-state index is 13.9. The van der Waals surface area contributed by atoms with E-state index >= 15 is 0 Å². The molecule has 0 atom stereocenters. The molecular formula is C13H13FN4O. The molecule has 2 rings (SSSR count). The number of nitrogens with two attached hydrogens (primary N) is 1. The van der Waals surface area contributed by atoms with Crippen LogP contribution in [0.25, 0.3) is 0 Å². The lowest BCUT2D eigenvalue weighted by Gasteiger charge is -2.03. The second-order valence-electron chi connectivity index (χ2n) is 3.99. The Morgan fingerprint density at radius 2 is 2.26 bits per heavy atom. The summed E-state index contributed by atoms with van der Waals surface area (Å²) in [5, 5.41) is 3.88. The average molecular weight is 260 g/mol. The van der Waals surface area contributed by atoms with Crippen LogP contribution in [0.5, 0.6) is 0 Å². The van der Waals surface area contributed by atoms with Gasteiger partial charge in [0.25, 0.3) is 0 Å². The maximum absolute atomic E-state index is 13.9. The topological polar surface area (TPSA) is 65.8 Å². The molecule has 0 saturated heterocycles. The fraction of sp³-hybridized carbons (Fsp3) is 0.231. The third kappa shape index (κ3) is 2.89. The largest absolute Gasteiger partial charge is 0.345 e. The second-order valence-corrected chi connectivity index (χ2v) is 3.99. The van der Waals surface area contributed by atoms with E-state index < -0.39 is 5.82 Å². The van der Waals surface area contributed by atoms with Gasteiger partial charge in [0.15, 0.2) is 0 Å². The first kappa shape index (κ1) is 13.1. The minimum absolute atomic E-state index is 0.0934. The van der Waals surface area contributed by atoms with Crippen LogP contribution >= 0.6 is 0 Å². The number of hydrogen-bond acceptors (Lipinski definition) is 3. The van der Waals surface area contributed by atoms with E-state index in [-0.39, 0.29) is 18.8 Å². The molecule has 5 nitrogen and oxygen atoms in total. The van der Waals surface area contributed by atoms with Crippen molar-refractivity contribution in [3.05, 3.63) is 52.0 Å². The fourth-order valence-corrected chi connectivity index (χ4v) is 1.60. The number of aryl methyl sites for hydroxylation is 1. The number of benzene rings is 1. The van der Waals surface area contributed by atoms with Crippen molar-refractivity contribution in [2.24, 2.45) is 12.8 Å². The molecule has 19 heavy (non-hydrogen) atoms. The molecule has 0 unspecified atom stereocenters. The van der Waals surface area contributed by atoms with Crippen molar-refractivity contribution in [3.63, 3.8) is 0 Å². The van der Waals surface area contributed by atoms with Crippen molar-refractivity contribution in [2.45, 2.75) is 6.54 Å². The Morgan fingerprint density at radius 1 is 1.47 bits per heavy atom. The van der Waals surface area contributed by atoms with Gasteiger partial charge in [-0.2, -0.15) is 5.10 Å². The number of halogens is 1. The van der Waals surface area contributed by atoms with Crippen molar-refractivity contribution in [3.8, 4) is 11.8 Å². The van der Waals surface area contributed by atoms with Crippen LogP contribution in [0.3, 0.4) is 0 Å². The molecule has 1 aromatic carbocycles. The van der Waals surface area contributed by atoms with Crippen LogP contribution in [-0.4, -0.2) is 20.9 Å². The van der Waals surface area contributed by atoms with Gasteiger partial charge in [0.1, 0.15) is 12.1 Å². The molecule has 1 heterocycles. The zero-order chi connectivity index (χ0) is 13.8. The van der Waals surface area contributed by atoms with Gasteiger partial charge in [-0.1, -0.05) is 17.9 Å². The van der Waals surface area contributed by atoms with Crippen LogP contribution in [0.15, 0.2) is 29.3 Å². The smallest absolute Gasteiger partial charge is 0.320 e. The molecule has 0 bridgehead atoms. The van der Waals surface area contributed by atoms with E-state index in [1.54, 1.807) is 19.2 Å². The Kier molecular flexibility index (Phi) is 3.78. The standard InChI is InChI=1S/C13H13FN4O/c1-17-9-16-18(13(17)19)8-11-5-4-10(3-2-6-15)7-12(11)14/h4-5,7,9H,6,8,15H2,1H3. The summed E-state index contributed by atoms with van der Waals surface area (Å²) in [7, 11) is 1.59.